The second-order valence-corrected chi connectivity index (χ2v) is 4.15. The standard InChI is InChI=1S/CH4O9P2.3Ca.6H/c2-1(3)9-12(7,8)10-11(4,5)6;;;;;;;;;/h(H,2,3)(H,7,8)(H2,4,5,6);;;;;;;;;. The molecule has 0 aliphatic carbocycles. The van der Waals surface area contributed by atoms with E-state index in [0.29, 0.717) is 0 Å². The van der Waals surface area contributed by atoms with Crippen LogP contribution in [0.25, 0.3) is 0 Å². The molecule has 14 heteroatoms. The van der Waals surface area contributed by atoms with E-state index in [1.807, 2.05) is 0 Å². The minimum absolute atomic E-state index is 0. The first-order valence-corrected chi connectivity index (χ1v) is 5.17. The molecule has 0 radical (unpaired) electrons. The van der Waals surface area contributed by atoms with Crippen LogP contribution in [-0.4, -0.2) is 139 Å². The molecular formula is CH10Ca3O9P2. The van der Waals surface area contributed by atoms with Crippen molar-refractivity contribution in [1.29, 1.82) is 0 Å². The van der Waals surface area contributed by atoms with Crippen LogP contribution in [0.15, 0.2) is 0 Å². The van der Waals surface area contributed by atoms with E-state index in [9.17, 15) is 13.9 Å². The normalized spacial score (nSPS) is 13.3. The molecule has 0 saturated carbocycles. The van der Waals surface area contributed by atoms with Crippen LogP contribution in [0.2, 0.25) is 0 Å². The zero-order valence-corrected chi connectivity index (χ0v) is 7.01. The van der Waals surface area contributed by atoms with Gasteiger partial charge in [-0.05, 0) is 0 Å². The zero-order valence-electron chi connectivity index (χ0n) is 5.22. The Morgan fingerprint density at radius 3 is 1.53 bits per heavy atom. The number of rotatable bonds is 3. The Balaban J connectivity index is -0.000000202. The molecule has 0 spiro atoms. The summed E-state index contributed by atoms with van der Waals surface area (Å²) in [5.74, 6) is 0. The Labute approximate surface area is 174 Å². The van der Waals surface area contributed by atoms with E-state index < -0.39 is 21.8 Å². The molecule has 0 amide bonds. The molecule has 0 aromatic rings. The second-order valence-electron chi connectivity index (χ2n) is 1.40. The molecular weight excluding hydrogens is 338 g/mol. The molecule has 1 atom stereocenters. The number of hydrogen-bond acceptors (Lipinski definition) is 5. The monoisotopic (exact) mass is 348 g/mol. The van der Waals surface area contributed by atoms with Gasteiger partial charge in [-0.25, -0.2) is 13.9 Å². The van der Waals surface area contributed by atoms with E-state index in [1.165, 1.54) is 0 Å². The van der Waals surface area contributed by atoms with Gasteiger partial charge >= 0.3 is 135 Å². The van der Waals surface area contributed by atoms with E-state index in [1.54, 1.807) is 0 Å². The van der Waals surface area contributed by atoms with Gasteiger partial charge in [0, 0.05) is 0 Å². The van der Waals surface area contributed by atoms with Crippen molar-refractivity contribution in [3.05, 3.63) is 0 Å². The van der Waals surface area contributed by atoms with Gasteiger partial charge in [-0.1, -0.05) is 0 Å². The first-order valence-electron chi connectivity index (χ1n) is 2.14. The topological polar surface area (TPSA) is 151 Å². The summed E-state index contributed by atoms with van der Waals surface area (Å²) >= 11 is 0. The molecule has 15 heavy (non-hydrogen) atoms. The summed E-state index contributed by atoms with van der Waals surface area (Å²) in [7, 11) is -10.5. The molecule has 4 N–H and O–H groups in total. The van der Waals surface area contributed by atoms with Crippen molar-refractivity contribution in [3.63, 3.8) is 0 Å². The quantitative estimate of drug-likeness (QED) is 0.312. The fourth-order valence-electron chi connectivity index (χ4n) is 0.250. The van der Waals surface area contributed by atoms with Crippen molar-refractivity contribution in [2.45, 2.75) is 0 Å². The SMILES string of the molecule is O=C(O)OP(=O)(O)OP(=O)(O)O.[CaH2].[CaH2].[CaH2]. The maximum atomic E-state index is 10.3. The fraction of sp³-hybridized carbons (Fsp3) is 0. The van der Waals surface area contributed by atoms with E-state index in [4.69, 9.17) is 19.8 Å². The Kier molecular flexibility index (Phi) is 20.0. The predicted octanol–water partition coefficient (Wildman–Crippen LogP) is -2.86. The van der Waals surface area contributed by atoms with Gasteiger partial charge in [-0.3, -0.25) is 4.89 Å². The van der Waals surface area contributed by atoms with E-state index >= 15 is 0 Å². The molecule has 0 bridgehead atoms. The zero-order chi connectivity index (χ0) is 9.99. The summed E-state index contributed by atoms with van der Waals surface area (Å²) in [6, 6.07) is 0. The molecule has 9 nitrogen and oxygen atoms in total. The van der Waals surface area contributed by atoms with Crippen molar-refractivity contribution in [2.75, 3.05) is 0 Å². The molecule has 0 aliphatic rings. The summed E-state index contributed by atoms with van der Waals surface area (Å²) in [6.07, 6.45) is -2.19. The molecule has 0 aliphatic heterocycles. The van der Waals surface area contributed by atoms with Crippen molar-refractivity contribution in [1.82, 2.24) is 0 Å². The third-order valence-electron chi connectivity index (χ3n) is 0.403. The van der Waals surface area contributed by atoms with Crippen LogP contribution < -0.4 is 0 Å². The van der Waals surface area contributed by atoms with Gasteiger partial charge in [0.25, 0.3) is 0 Å². The van der Waals surface area contributed by atoms with Crippen LogP contribution in [0.5, 0.6) is 0 Å². The van der Waals surface area contributed by atoms with Gasteiger partial charge in [0.05, 0.1) is 0 Å². The van der Waals surface area contributed by atoms with Crippen molar-refractivity contribution < 1.29 is 42.5 Å². The predicted molar refractivity (Wildman–Crippen MR) is 57.7 cm³/mol. The molecule has 0 aromatic carbocycles. The van der Waals surface area contributed by atoms with E-state index in [0.717, 1.165) is 0 Å². The van der Waals surface area contributed by atoms with Gasteiger partial charge in [0.2, 0.25) is 0 Å². The number of phosphoric acid groups is 2. The third-order valence-corrected chi connectivity index (χ3v) is 2.47. The molecule has 0 aromatic heterocycles. The van der Waals surface area contributed by atoms with Crippen LogP contribution in [0.3, 0.4) is 0 Å². The Morgan fingerprint density at radius 2 is 1.33 bits per heavy atom. The van der Waals surface area contributed by atoms with Crippen molar-refractivity contribution in [3.8, 4) is 0 Å². The van der Waals surface area contributed by atoms with Crippen molar-refractivity contribution >= 4 is 135 Å². The Bertz CT molecular complexity index is 271. The van der Waals surface area contributed by atoms with Crippen LogP contribution in [0.4, 0.5) is 4.79 Å². The average Bonchev–Trinajstić information content (AvgIpc) is 1.48. The summed E-state index contributed by atoms with van der Waals surface area (Å²) in [5.41, 5.74) is 0. The van der Waals surface area contributed by atoms with Gasteiger partial charge in [0.1, 0.15) is 0 Å². The van der Waals surface area contributed by atoms with E-state index in [-0.39, 0.29) is 113 Å². The third kappa shape index (κ3) is 19.9. The van der Waals surface area contributed by atoms with Crippen molar-refractivity contribution in [2.24, 2.45) is 0 Å². The molecule has 1 unspecified atom stereocenters. The fourth-order valence-corrected chi connectivity index (χ4v) is 1.66. The van der Waals surface area contributed by atoms with E-state index in [2.05, 4.69) is 8.83 Å². The number of carbonyl (C=O) groups is 1. The van der Waals surface area contributed by atoms with Crippen LogP contribution >= 0.6 is 15.6 Å². The Hall–Kier alpha value is 3.35. The van der Waals surface area contributed by atoms with Gasteiger partial charge in [-0.15, -0.1) is 0 Å². The number of hydrogen-bond donors (Lipinski definition) is 4. The summed E-state index contributed by atoms with van der Waals surface area (Å²) in [6.45, 7) is 0. The second kappa shape index (κ2) is 11.2. The first kappa shape index (κ1) is 26.8. The van der Waals surface area contributed by atoms with Gasteiger partial charge in [-0.2, -0.15) is 4.31 Å². The summed E-state index contributed by atoms with van der Waals surface area (Å²) < 4.78 is 26.4. The van der Waals surface area contributed by atoms with Crippen LogP contribution in [-0.2, 0) is 18.0 Å². The number of carboxylic acid groups (broad SMARTS) is 1. The summed E-state index contributed by atoms with van der Waals surface area (Å²) in [5, 5.41) is 7.76. The first-order chi connectivity index (χ1) is 5.12. The van der Waals surface area contributed by atoms with Crippen LogP contribution in [0.1, 0.15) is 0 Å². The minimum atomic E-state index is -5.24. The Morgan fingerprint density at radius 1 is 1.00 bits per heavy atom. The molecule has 0 rings (SSSR count). The molecule has 0 fully saturated rings. The molecule has 0 saturated heterocycles. The van der Waals surface area contributed by atoms with Crippen LogP contribution in [0, 0.1) is 0 Å². The molecule has 0 heterocycles. The van der Waals surface area contributed by atoms with Gasteiger partial charge in [0.15, 0.2) is 0 Å². The summed E-state index contributed by atoms with van der Waals surface area (Å²) in [4.78, 5) is 33.8. The average molecular weight is 348 g/mol. The van der Waals surface area contributed by atoms with Gasteiger partial charge < -0.3 is 19.4 Å². The maximum absolute atomic E-state index is 10.3. The molecule has 84 valence electrons. The number of phosphoric ester groups is 1.